The molecule has 0 spiro atoms. The molecule has 200 valence electrons. The van der Waals surface area contributed by atoms with E-state index in [9.17, 15) is 14.7 Å². The Morgan fingerprint density at radius 2 is 1.11 bits per heavy atom. The lowest BCUT2D eigenvalue weighted by Gasteiger charge is -2.13. The van der Waals surface area contributed by atoms with Gasteiger partial charge in [-0.3, -0.25) is 9.59 Å². The molecule has 0 heterocycles. The zero-order valence-electron chi connectivity index (χ0n) is 20.0. The number of anilines is 1. The Balaban J connectivity index is 1.81. The van der Waals surface area contributed by atoms with E-state index in [1.165, 1.54) is 0 Å². The molecule has 5 N–H and O–H groups in total. The average molecular weight is 503 g/mol. The van der Waals surface area contributed by atoms with Crippen LogP contribution < -0.4 is 11.1 Å². The molecule has 12 nitrogen and oxygen atoms in total. The van der Waals surface area contributed by atoms with Gasteiger partial charge in [0.15, 0.2) is 0 Å². The van der Waals surface area contributed by atoms with Gasteiger partial charge in [-0.25, -0.2) is 0 Å². The molecule has 1 unspecified atom stereocenters. The summed E-state index contributed by atoms with van der Waals surface area (Å²) in [6, 6.07) is 6.80. The lowest BCUT2D eigenvalue weighted by atomic mass is 10.1. The van der Waals surface area contributed by atoms with Crippen LogP contribution in [0.3, 0.4) is 0 Å². The third kappa shape index (κ3) is 17.9. The van der Waals surface area contributed by atoms with Crippen molar-refractivity contribution < 1.29 is 48.2 Å². The van der Waals surface area contributed by atoms with Crippen molar-refractivity contribution in [1.82, 2.24) is 0 Å². The third-order valence-corrected chi connectivity index (χ3v) is 4.35. The number of para-hydroxylation sites is 1. The van der Waals surface area contributed by atoms with Crippen molar-refractivity contribution in [2.75, 3.05) is 84.6 Å². The molecule has 1 amide bonds. The highest BCUT2D eigenvalue weighted by atomic mass is 16.6. The Labute approximate surface area is 205 Å². The first kappa shape index (κ1) is 30.9. The second-order valence-electron chi connectivity index (χ2n) is 7.15. The van der Waals surface area contributed by atoms with Crippen LogP contribution in [0.2, 0.25) is 0 Å². The Hall–Kier alpha value is -2.16. The van der Waals surface area contributed by atoms with E-state index in [2.05, 4.69) is 5.32 Å². The Kier molecular flexibility index (Phi) is 18.7. The third-order valence-electron chi connectivity index (χ3n) is 4.35. The van der Waals surface area contributed by atoms with Crippen LogP contribution in [0, 0.1) is 0 Å². The van der Waals surface area contributed by atoms with Crippen LogP contribution in [0.25, 0.3) is 0 Å². The minimum atomic E-state index is -1.16. The predicted octanol–water partition coefficient (Wildman–Crippen LogP) is 0.539. The molecular formula is C23H38N2O10. The summed E-state index contributed by atoms with van der Waals surface area (Å²) in [5.41, 5.74) is 6.41. The maximum Gasteiger partial charge on any atom is 0.305 e. The van der Waals surface area contributed by atoms with E-state index >= 15 is 0 Å². The Morgan fingerprint density at radius 1 is 0.714 bits per heavy atom. The summed E-state index contributed by atoms with van der Waals surface area (Å²) in [6.45, 7) is 4.53. The van der Waals surface area contributed by atoms with E-state index in [1.54, 1.807) is 24.3 Å². The summed E-state index contributed by atoms with van der Waals surface area (Å²) < 4.78 is 31.9. The molecule has 0 aliphatic rings. The van der Waals surface area contributed by atoms with Gasteiger partial charge >= 0.3 is 5.97 Å². The van der Waals surface area contributed by atoms with Crippen molar-refractivity contribution in [3.8, 4) is 0 Å². The molecule has 0 aliphatic carbocycles. The maximum absolute atomic E-state index is 12.0. The van der Waals surface area contributed by atoms with Crippen LogP contribution >= 0.6 is 0 Å². The van der Waals surface area contributed by atoms with Crippen molar-refractivity contribution in [2.24, 2.45) is 5.73 Å². The summed E-state index contributed by atoms with van der Waals surface area (Å²) >= 11 is 0. The minimum absolute atomic E-state index is 0.0119. The fraction of sp³-hybridized carbons (Fsp3) is 0.652. The lowest BCUT2D eigenvalue weighted by molar-refractivity contribution is -0.138. The van der Waals surface area contributed by atoms with E-state index < -0.39 is 12.2 Å². The first-order valence-electron chi connectivity index (χ1n) is 11.5. The number of nitrogens with two attached hydrogens (primary N) is 1. The molecule has 0 radical (unpaired) electrons. The number of aliphatic hydroxyl groups is 1. The predicted molar refractivity (Wildman–Crippen MR) is 126 cm³/mol. The van der Waals surface area contributed by atoms with E-state index in [4.69, 9.17) is 39.3 Å². The number of carbonyl (C=O) groups is 2. The van der Waals surface area contributed by atoms with E-state index in [0.717, 1.165) is 0 Å². The van der Waals surface area contributed by atoms with Crippen LogP contribution in [0.15, 0.2) is 24.3 Å². The van der Waals surface area contributed by atoms with Gasteiger partial charge < -0.3 is 49.7 Å². The molecule has 1 aromatic rings. The van der Waals surface area contributed by atoms with Crippen LogP contribution in [0.4, 0.5) is 5.69 Å². The summed E-state index contributed by atoms with van der Waals surface area (Å²) in [5.74, 6) is -1.12. The highest BCUT2D eigenvalue weighted by Crippen LogP contribution is 2.19. The van der Waals surface area contributed by atoms with Crippen molar-refractivity contribution in [2.45, 2.75) is 19.1 Å². The molecular weight excluding hydrogens is 464 g/mol. The normalized spacial score (nSPS) is 11.9. The molecule has 35 heavy (non-hydrogen) atoms. The number of benzene rings is 1. The zero-order chi connectivity index (χ0) is 25.6. The molecule has 0 saturated carbocycles. The molecule has 0 bridgehead atoms. The van der Waals surface area contributed by atoms with Gasteiger partial charge in [0, 0.05) is 11.3 Å². The highest BCUT2D eigenvalue weighted by molar-refractivity contribution is 5.91. The number of amides is 1. The largest absolute Gasteiger partial charge is 0.481 e. The van der Waals surface area contributed by atoms with Gasteiger partial charge in [-0.05, 0) is 6.07 Å². The highest BCUT2D eigenvalue weighted by Gasteiger charge is 2.10. The topological polar surface area (TPSA) is 168 Å². The molecule has 0 saturated heterocycles. The first-order valence-corrected chi connectivity index (χ1v) is 11.5. The molecule has 1 rings (SSSR count). The summed E-state index contributed by atoms with van der Waals surface area (Å²) in [6.07, 6.45) is -1.00. The van der Waals surface area contributed by atoms with Crippen LogP contribution in [0.1, 0.15) is 24.6 Å². The number of nitrogens with one attached hydrogen (secondary N) is 1. The number of carboxylic acids is 1. The van der Waals surface area contributed by atoms with E-state index in [0.29, 0.717) is 77.3 Å². The van der Waals surface area contributed by atoms with Crippen molar-refractivity contribution >= 4 is 17.6 Å². The lowest BCUT2D eigenvalue weighted by Crippen LogP contribution is -2.18. The smallest absolute Gasteiger partial charge is 0.305 e. The van der Waals surface area contributed by atoms with Crippen molar-refractivity contribution in [3.05, 3.63) is 29.8 Å². The summed E-state index contributed by atoms with van der Waals surface area (Å²) in [7, 11) is 0. The number of hydrogen-bond acceptors (Lipinski definition) is 10. The van der Waals surface area contributed by atoms with Gasteiger partial charge in [0.2, 0.25) is 5.91 Å². The Bertz CT molecular complexity index is 690. The zero-order valence-corrected chi connectivity index (χ0v) is 20.0. The van der Waals surface area contributed by atoms with Gasteiger partial charge in [-0.1, -0.05) is 18.2 Å². The quantitative estimate of drug-likeness (QED) is 0.122. The van der Waals surface area contributed by atoms with Gasteiger partial charge in [0.25, 0.3) is 0 Å². The summed E-state index contributed by atoms with van der Waals surface area (Å²) in [4.78, 5) is 22.3. The van der Waals surface area contributed by atoms with E-state index in [-0.39, 0.29) is 32.0 Å². The number of carboxylic acid groups (broad SMARTS) is 1. The SMILES string of the molecule is NC(O)c1ccccc1NC(=O)CCOCCOCCOCCOCCOCCOCCC(=O)O. The summed E-state index contributed by atoms with van der Waals surface area (Å²) in [5, 5.41) is 20.7. The number of carbonyl (C=O) groups excluding carboxylic acids is 1. The average Bonchev–Trinajstić information content (AvgIpc) is 2.82. The van der Waals surface area contributed by atoms with Crippen molar-refractivity contribution in [1.29, 1.82) is 0 Å². The first-order chi connectivity index (χ1) is 17.0. The Morgan fingerprint density at radius 3 is 1.54 bits per heavy atom. The minimum Gasteiger partial charge on any atom is -0.481 e. The van der Waals surface area contributed by atoms with Gasteiger partial charge in [0.05, 0.1) is 92.1 Å². The molecule has 0 aromatic heterocycles. The second kappa shape index (κ2) is 21.1. The molecule has 1 atom stereocenters. The monoisotopic (exact) mass is 502 g/mol. The number of ether oxygens (including phenoxy) is 6. The van der Waals surface area contributed by atoms with Gasteiger partial charge in [0.1, 0.15) is 6.23 Å². The van der Waals surface area contributed by atoms with Gasteiger partial charge in [-0.2, -0.15) is 0 Å². The maximum atomic E-state index is 12.0. The number of rotatable bonds is 23. The molecule has 0 aliphatic heterocycles. The molecule has 12 heteroatoms. The number of aliphatic hydroxyl groups excluding tert-OH is 1. The standard InChI is InChI=1S/C23H38N2O10/c24-23(29)19-3-1-2-4-20(19)25-21(26)5-7-30-9-11-32-13-15-34-17-18-35-16-14-33-12-10-31-8-6-22(27)28/h1-4,23,29H,5-18,24H2,(H,25,26)(H,27,28). The molecule has 1 aromatic carbocycles. The fourth-order valence-corrected chi connectivity index (χ4v) is 2.61. The number of aliphatic carboxylic acids is 1. The fourth-order valence-electron chi connectivity index (χ4n) is 2.61. The van der Waals surface area contributed by atoms with Crippen LogP contribution in [0.5, 0.6) is 0 Å². The van der Waals surface area contributed by atoms with Gasteiger partial charge in [-0.15, -0.1) is 0 Å². The van der Waals surface area contributed by atoms with Crippen LogP contribution in [-0.2, 0) is 38.0 Å². The van der Waals surface area contributed by atoms with Crippen molar-refractivity contribution in [3.63, 3.8) is 0 Å². The van der Waals surface area contributed by atoms with Crippen LogP contribution in [-0.4, -0.2) is 101 Å². The van der Waals surface area contributed by atoms with E-state index in [1.807, 2.05) is 0 Å². The second-order valence-corrected chi connectivity index (χ2v) is 7.15. The molecule has 0 fully saturated rings. The number of hydrogen-bond donors (Lipinski definition) is 4.